The topological polar surface area (TPSA) is 50.8 Å². The van der Waals surface area contributed by atoms with Crippen LogP contribution >= 0.6 is 0 Å². The largest absolute Gasteiger partial charge is 0.493 e. The molecule has 3 rings (SSSR count). The summed E-state index contributed by atoms with van der Waals surface area (Å²) in [5.74, 6) is 1.75. The Morgan fingerprint density at radius 3 is 2.90 bits per heavy atom. The van der Waals surface area contributed by atoms with Gasteiger partial charge in [0.2, 0.25) is 0 Å². The van der Waals surface area contributed by atoms with E-state index in [0.717, 1.165) is 26.1 Å². The maximum absolute atomic E-state index is 13.0. The van der Waals surface area contributed by atoms with Gasteiger partial charge in [-0.25, -0.2) is 0 Å². The number of ether oxygens (including phenoxy) is 2. The first kappa shape index (κ1) is 14.2. The van der Waals surface area contributed by atoms with Gasteiger partial charge >= 0.3 is 0 Å². The van der Waals surface area contributed by atoms with Crippen molar-refractivity contribution in [2.45, 2.75) is 18.9 Å². The van der Waals surface area contributed by atoms with Gasteiger partial charge in [0, 0.05) is 25.7 Å². The smallest absolute Gasteiger partial charge is 0.258 e. The van der Waals surface area contributed by atoms with Crippen molar-refractivity contribution < 1.29 is 14.3 Å². The normalized spacial score (nSPS) is 24.6. The zero-order chi connectivity index (χ0) is 14.8. The Hall–Kier alpha value is -1.75. The summed E-state index contributed by atoms with van der Waals surface area (Å²) in [5, 5.41) is 3.40. The Morgan fingerprint density at radius 1 is 1.29 bits per heavy atom. The highest BCUT2D eigenvalue weighted by atomic mass is 16.5. The Bertz CT molecular complexity index is 532. The van der Waals surface area contributed by atoms with E-state index < -0.39 is 0 Å². The molecule has 2 aliphatic heterocycles. The van der Waals surface area contributed by atoms with Crippen molar-refractivity contribution in [1.82, 2.24) is 10.2 Å². The Labute approximate surface area is 125 Å². The van der Waals surface area contributed by atoms with Gasteiger partial charge in [0.15, 0.2) is 11.5 Å². The van der Waals surface area contributed by atoms with Crippen LogP contribution in [0, 0.1) is 5.92 Å². The molecule has 21 heavy (non-hydrogen) atoms. The van der Waals surface area contributed by atoms with Crippen LogP contribution in [0.3, 0.4) is 0 Å². The van der Waals surface area contributed by atoms with E-state index in [1.807, 2.05) is 23.1 Å². The molecule has 0 spiro atoms. The van der Waals surface area contributed by atoms with Gasteiger partial charge in [0.1, 0.15) is 0 Å². The van der Waals surface area contributed by atoms with Crippen LogP contribution in [0.1, 0.15) is 23.2 Å². The molecule has 2 saturated heterocycles. The molecule has 1 amide bonds. The van der Waals surface area contributed by atoms with Crippen LogP contribution in [0.25, 0.3) is 0 Å². The summed E-state index contributed by atoms with van der Waals surface area (Å²) in [6, 6.07) is 5.77. The fourth-order valence-electron chi connectivity index (χ4n) is 3.53. The number of hydrogen-bond donors (Lipinski definition) is 1. The predicted molar refractivity (Wildman–Crippen MR) is 80.0 cm³/mol. The molecule has 1 N–H and O–H groups in total. The molecule has 1 aromatic carbocycles. The minimum absolute atomic E-state index is 0.0455. The number of carbonyl (C=O) groups excluding carboxylic acids is 1. The van der Waals surface area contributed by atoms with Gasteiger partial charge in [0.25, 0.3) is 5.91 Å². The minimum atomic E-state index is 0.0455. The maximum Gasteiger partial charge on any atom is 0.258 e. The van der Waals surface area contributed by atoms with Gasteiger partial charge in [-0.3, -0.25) is 4.79 Å². The molecule has 5 heteroatoms. The Morgan fingerprint density at radius 2 is 2.14 bits per heavy atom. The van der Waals surface area contributed by atoms with E-state index in [0.29, 0.717) is 29.0 Å². The molecular weight excluding hydrogens is 268 g/mol. The van der Waals surface area contributed by atoms with Gasteiger partial charge in [0.05, 0.1) is 19.8 Å². The lowest BCUT2D eigenvalue weighted by molar-refractivity contribution is 0.0571. The van der Waals surface area contributed by atoms with Crippen molar-refractivity contribution in [3.63, 3.8) is 0 Å². The third-order valence-corrected chi connectivity index (χ3v) is 4.57. The minimum Gasteiger partial charge on any atom is -0.493 e. The number of benzene rings is 1. The highest BCUT2D eigenvalue weighted by Gasteiger charge is 2.38. The van der Waals surface area contributed by atoms with Crippen LogP contribution in [-0.2, 0) is 0 Å². The zero-order valence-electron chi connectivity index (χ0n) is 12.6. The summed E-state index contributed by atoms with van der Waals surface area (Å²) in [6.45, 7) is 2.73. The fourth-order valence-corrected chi connectivity index (χ4v) is 3.53. The molecule has 2 aliphatic rings. The molecule has 2 heterocycles. The number of nitrogens with zero attached hydrogens (tertiary/aromatic N) is 1. The van der Waals surface area contributed by atoms with Crippen molar-refractivity contribution >= 4 is 5.91 Å². The molecule has 0 aliphatic carbocycles. The third kappa shape index (κ3) is 2.46. The summed E-state index contributed by atoms with van der Waals surface area (Å²) in [5.41, 5.74) is 0.587. The highest BCUT2D eigenvalue weighted by molar-refractivity contribution is 5.98. The molecule has 5 nitrogen and oxygen atoms in total. The van der Waals surface area contributed by atoms with Gasteiger partial charge in [-0.15, -0.1) is 0 Å². The zero-order valence-corrected chi connectivity index (χ0v) is 12.6. The SMILES string of the molecule is COc1cccc(C(=O)N2CCCC3CNCC32)c1OC. The number of rotatable bonds is 3. The summed E-state index contributed by atoms with van der Waals surface area (Å²) < 4.78 is 10.7. The van der Waals surface area contributed by atoms with Crippen molar-refractivity contribution in [3.05, 3.63) is 23.8 Å². The van der Waals surface area contributed by atoms with Crippen molar-refractivity contribution in [2.75, 3.05) is 33.9 Å². The predicted octanol–water partition coefficient (Wildman–Crippen LogP) is 1.53. The second-order valence-corrected chi connectivity index (χ2v) is 5.67. The quantitative estimate of drug-likeness (QED) is 0.917. The number of carbonyl (C=O) groups is 1. The first-order valence-corrected chi connectivity index (χ1v) is 7.49. The van der Waals surface area contributed by atoms with Crippen LogP contribution in [0.5, 0.6) is 11.5 Å². The summed E-state index contributed by atoms with van der Waals surface area (Å²) >= 11 is 0. The van der Waals surface area contributed by atoms with Crippen molar-refractivity contribution in [2.24, 2.45) is 5.92 Å². The number of nitrogens with one attached hydrogen (secondary N) is 1. The lowest BCUT2D eigenvalue weighted by Crippen LogP contribution is -2.48. The van der Waals surface area contributed by atoms with Gasteiger partial charge < -0.3 is 19.7 Å². The summed E-state index contributed by atoms with van der Waals surface area (Å²) in [6.07, 6.45) is 2.28. The first-order chi connectivity index (χ1) is 10.3. The molecule has 2 fully saturated rings. The number of fused-ring (bicyclic) bond motifs is 1. The molecule has 0 aromatic heterocycles. The van der Waals surface area contributed by atoms with Crippen molar-refractivity contribution in [3.8, 4) is 11.5 Å². The maximum atomic E-state index is 13.0. The van der Waals surface area contributed by atoms with E-state index in [9.17, 15) is 4.79 Å². The van der Waals surface area contributed by atoms with Crippen LogP contribution < -0.4 is 14.8 Å². The van der Waals surface area contributed by atoms with Gasteiger partial charge in [-0.2, -0.15) is 0 Å². The first-order valence-electron chi connectivity index (χ1n) is 7.49. The van der Waals surface area contributed by atoms with E-state index in [2.05, 4.69) is 5.32 Å². The average Bonchev–Trinajstić information content (AvgIpc) is 3.01. The number of para-hydroxylation sites is 1. The van der Waals surface area contributed by atoms with E-state index >= 15 is 0 Å². The molecule has 2 atom stereocenters. The molecule has 0 radical (unpaired) electrons. The van der Waals surface area contributed by atoms with Crippen LogP contribution in [0.4, 0.5) is 0 Å². The molecule has 0 saturated carbocycles. The number of amides is 1. The lowest BCUT2D eigenvalue weighted by atomic mass is 9.91. The van der Waals surface area contributed by atoms with E-state index in [4.69, 9.17) is 9.47 Å². The number of methoxy groups -OCH3 is 2. The van der Waals surface area contributed by atoms with Gasteiger partial charge in [-0.05, 0) is 30.9 Å². The monoisotopic (exact) mass is 290 g/mol. The van der Waals surface area contributed by atoms with E-state index in [-0.39, 0.29) is 5.91 Å². The van der Waals surface area contributed by atoms with Gasteiger partial charge in [-0.1, -0.05) is 6.07 Å². The van der Waals surface area contributed by atoms with Crippen LogP contribution in [0.15, 0.2) is 18.2 Å². The number of likely N-dealkylation sites (tertiary alicyclic amines) is 1. The van der Waals surface area contributed by atoms with E-state index in [1.165, 1.54) is 6.42 Å². The summed E-state index contributed by atoms with van der Waals surface area (Å²) in [4.78, 5) is 15.0. The Balaban J connectivity index is 1.91. The number of piperidine rings is 1. The molecule has 0 bridgehead atoms. The molecule has 2 unspecified atom stereocenters. The van der Waals surface area contributed by atoms with Crippen molar-refractivity contribution in [1.29, 1.82) is 0 Å². The number of hydrogen-bond acceptors (Lipinski definition) is 4. The highest BCUT2D eigenvalue weighted by Crippen LogP contribution is 2.34. The second kappa shape index (κ2) is 5.93. The average molecular weight is 290 g/mol. The Kier molecular flexibility index (Phi) is 4.01. The second-order valence-electron chi connectivity index (χ2n) is 5.67. The molecule has 1 aromatic rings. The summed E-state index contributed by atoms with van der Waals surface area (Å²) in [7, 11) is 3.16. The molecule has 114 valence electrons. The third-order valence-electron chi connectivity index (χ3n) is 4.57. The standard InChI is InChI=1S/C16H22N2O3/c1-20-14-7-3-6-12(15(14)21-2)16(19)18-8-4-5-11-9-17-10-13(11)18/h3,6-7,11,13,17H,4-5,8-10H2,1-2H3. The van der Waals surface area contributed by atoms with E-state index in [1.54, 1.807) is 14.2 Å². The lowest BCUT2D eigenvalue weighted by Gasteiger charge is -2.37. The molecular formula is C16H22N2O3. The van der Waals surface area contributed by atoms with Crippen LogP contribution in [-0.4, -0.2) is 50.7 Å². The fraction of sp³-hybridized carbons (Fsp3) is 0.562. The van der Waals surface area contributed by atoms with Crippen LogP contribution in [0.2, 0.25) is 0 Å².